The van der Waals surface area contributed by atoms with Crippen molar-refractivity contribution < 1.29 is 0 Å². The summed E-state index contributed by atoms with van der Waals surface area (Å²) in [6, 6.07) is 0.691. The van der Waals surface area contributed by atoms with E-state index in [1.807, 2.05) is 0 Å². The molecule has 1 saturated carbocycles. The Kier molecular flexibility index (Phi) is 4.59. The lowest BCUT2D eigenvalue weighted by Gasteiger charge is -2.48. The summed E-state index contributed by atoms with van der Waals surface area (Å²) in [5.74, 6) is 2.40. The second-order valence-electron chi connectivity index (χ2n) is 7.70. The third-order valence-corrected chi connectivity index (χ3v) is 5.55. The van der Waals surface area contributed by atoms with Gasteiger partial charge in [0.05, 0.1) is 0 Å². The normalized spacial score (nSPS) is 45.0. The first-order valence-electron chi connectivity index (χ1n) is 7.99. The van der Waals surface area contributed by atoms with E-state index in [9.17, 15) is 0 Å². The zero-order valence-electron chi connectivity index (χ0n) is 13.5. The molecule has 1 saturated heterocycles. The van der Waals surface area contributed by atoms with Crippen molar-refractivity contribution >= 4 is 0 Å². The van der Waals surface area contributed by atoms with Gasteiger partial charge in [0.1, 0.15) is 0 Å². The first-order valence-corrected chi connectivity index (χ1v) is 7.99. The van der Waals surface area contributed by atoms with Crippen molar-refractivity contribution in [3.8, 4) is 0 Å². The Morgan fingerprint density at radius 2 is 1.68 bits per heavy atom. The lowest BCUT2D eigenvalue weighted by molar-refractivity contribution is 0.0318. The van der Waals surface area contributed by atoms with Crippen molar-refractivity contribution in [2.45, 2.75) is 51.6 Å². The van der Waals surface area contributed by atoms with Gasteiger partial charge in [0.25, 0.3) is 0 Å². The van der Waals surface area contributed by atoms with Crippen LogP contribution in [0.1, 0.15) is 40.0 Å². The Bertz CT molecular complexity index is 292. The van der Waals surface area contributed by atoms with Crippen LogP contribution in [-0.4, -0.2) is 55.1 Å². The van der Waals surface area contributed by atoms with Crippen LogP contribution in [0.2, 0.25) is 0 Å². The van der Waals surface area contributed by atoms with Gasteiger partial charge < -0.3 is 10.6 Å². The molecule has 1 aliphatic carbocycles. The molecule has 3 heteroatoms. The van der Waals surface area contributed by atoms with Crippen LogP contribution in [-0.2, 0) is 0 Å². The topological polar surface area (TPSA) is 32.5 Å². The summed E-state index contributed by atoms with van der Waals surface area (Å²) in [4.78, 5) is 5.12. The maximum atomic E-state index is 6.25. The number of rotatable bonds is 3. The smallest absolute Gasteiger partial charge is 0.0337 e. The van der Waals surface area contributed by atoms with Crippen molar-refractivity contribution in [3.63, 3.8) is 0 Å². The van der Waals surface area contributed by atoms with E-state index in [0.29, 0.717) is 6.04 Å². The Balaban J connectivity index is 2.14. The van der Waals surface area contributed by atoms with Gasteiger partial charge in [-0.3, -0.25) is 4.90 Å². The van der Waals surface area contributed by atoms with E-state index in [1.165, 1.54) is 32.4 Å². The zero-order valence-corrected chi connectivity index (χ0v) is 13.5. The Labute approximate surface area is 119 Å². The predicted molar refractivity (Wildman–Crippen MR) is 82.2 cm³/mol. The molecule has 0 spiro atoms. The Hall–Kier alpha value is -0.120. The molecule has 0 radical (unpaired) electrons. The van der Waals surface area contributed by atoms with E-state index < -0.39 is 0 Å². The lowest BCUT2D eigenvalue weighted by atomic mass is 9.71. The molecule has 1 heterocycles. The summed E-state index contributed by atoms with van der Waals surface area (Å²) in [5.41, 5.74) is 6.53. The minimum absolute atomic E-state index is 0.274. The van der Waals surface area contributed by atoms with Gasteiger partial charge in [-0.15, -0.1) is 0 Å². The van der Waals surface area contributed by atoms with Crippen LogP contribution in [0.5, 0.6) is 0 Å². The SMILES string of the molecule is CC1CC(C)CC(CN)(N2CC(C)C(N(C)C)C2)C1. The molecule has 3 nitrogen and oxygen atoms in total. The largest absolute Gasteiger partial charge is 0.329 e. The molecule has 1 aliphatic heterocycles. The lowest BCUT2D eigenvalue weighted by Crippen LogP contribution is -2.57. The molecular weight excluding hydrogens is 234 g/mol. The van der Waals surface area contributed by atoms with E-state index in [1.54, 1.807) is 0 Å². The number of likely N-dealkylation sites (tertiary alicyclic amines) is 1. The van der Waals surface area contributed by atoms with Crippen LogP contribution in [0.15, 0.2) is 0 Å². The van der Waals surface area contributed by atoms with Crippen LogP contribution < -0.4 is 5.73 Å². The van der Waals surface area contributed by atoms with Gasteiger partial charge in [-0.1, -0.05) is 20.8 Å². The monoisotopic (exact) mass is 267 g/mol. The number of hydrogen-bond donors (Lipinski definition) is 1. The molecule has 4 atom stereocenters. The second-order valence-corrected chi connectivity index (χ2v) is 7.70. The molecule has 0 amide bonds. The van der Waals surface area contributed by atoms with Crippen molar-refractivity contribution in [1.82, 2.24) is 9.80 Å². The standard InChI is InChI=1S/C16H33N3/c1-12-6-13(2)8-16(7-12,11-17)19-9-14(3)15(10-19)18(4)5/h12-15H,6-11,17H2,1-5H3. The highest BCUT2D eigenvalue weighted by Crippen LogP contribution is 2.41. The average molecular weight is 267 g/mol. The van der Waals surface area contributed by atoms with Crippen LogP contribution in [0.4, 0.5) is 0 Å². The molecule has 0 aromatic carbocycles. The van der Waals surface area contributed by atoms with Crippen molar-refractivity contribution in [1.29, 1.82) is 0 Å². The van der Waals surface area contributed by atoms with Gasteiger partial charge in [0.2, 0.25) is 0 Å². The summed E-state index contributed by atoms with van der Waals surface area (Å²) in [6.45, 7) is 10.5. The summed E-state index contributed by atoms with van der Waals surface area (Å²) < 4.78 is 0. The van der Waals surface area contributed by atoms with E-state index >= 15 is 0 Å². The highest BCUT2D eigenvalue weighted by molar-refractivity contribution is 5.02. The summed E-state index contributed by atoms with van der Waals surface area (Å²) in [5, 5.41) is 0. The quantitative estimate of drug-likeness (QED) is 0.849. The maximum absolute atomic E-state index is 6.25. The molecule has 2 aliphatic rings. The van der Waals surface area contributed by atoms with Gasteiger partial charge in [0.15, 0.2) is 0 Å². The first kappa shape index (κ1) is 15.3. The van der Waals surface area contributed by atoms with E-state index in [0.717, 1.165) is 24.3 Å². The van der Waals surface area contributed by atoms with Gasteiger partial charge in [-0.2, -0.15) is 0 Å². The van der Waals surface area contributed by atoms with Crippen molar-refractivity contribution in [2.75, 3.05) is 33.7 Å². The molecule has 0 aromatic rings. The zero-order chi connectivity index (χ0) is 14.2. The Morgan fingerprint density at radius 3 is 2.11 bits per heavy atom. The first-order chi connectivity index (χ1) is 8.88. The van der Waals surface area contributed by atoms with Gasteiger partial charge in [-0.25, -0.2) is 0 Å². The fourth-order valence-corrected chi connectivity index (χ4v) is 4.80. The molecule has 0 bridgehead atoms. The molecule has 2 rings (SSSR count). The van der Waals surface area contributed by atoms with Crippen LogP contribution in [0.25, 0.3) is 0 Å². The molecule has 19 heavy (non-hydrogen) atoms. The minimum atomic E-state index is 0.274. The third kappa shape index (κ3) is 2.98. The Morgan fingerprint density at radius 1 is 1.11 bits per heavy atom. The van der Waals surface area contributed by atoms with E-state index in [4.69, 9.17) is 5.73 Å². The van der Waals surface area contributed by atoms with Crippen LogP contribution >= 0.6 is 0 Å². The molecule has 2 fully saturated rings. The minimum Gasteiger partial charge on any atom is -0.329 e. The summed E-state index contributed by atoms with van der Waals surface area (Å²) >= 11 is 0. The molecule has 0 aromatic heterocycles. The molecular formula is C16H33N3. The maximum Gasteiger partial charge on any atom is 0.0337 e. The number of nitrogens with zero attached hydrogens (tertiary/aromatic N) is 2. The van der Waals surface area contributed by atoms with Crippen molar-refractivity contribution in [2.24, 2.45) is 23.5 Å². The fraction of sp³-hybridized carbons (Fsp3) is 1.00. The summed E-state index contributed by atoms with van der Waals surface area (Å²) in [6.07, 6.45) is 3.96. The summed E-state index contributed by atoms with van der Waals surface area (Å²) in [7, 11) is 4.43. The van der Waals surface area contributed by atoms with Crippen molar-refractivity contribution in [3.05, 3.63) is 0 Å². The third-order valence-electron chi connectivity index (χ3n) is 5.55. The van der Waals surface area contributed by atoms with Crippen LogP contribution in [0.3, 0.4) is 0 Å². The predicted octanol–water partition coefficient (Wildman–Crippen LogP) is 2.02. The fourth-order valence-electron chi connectivity index (χ4n) is 4.80. The second kappa shape index (κ2) is 5.71. The van der Waals surface area contributed by atoms with E-state index in [-0.39, 0.29) is 5.54 Å². The highest BCUT2D eigenvalue weighted by Gasteiger charge is 2.46. The average Bonchev–Trinajstić information content (AvgIpc) is 2.70. The van der Waals surface area contributed by atoms with Gasteiger partial charge in [-0.05, 0) is 51.1 Å². The van der Waals surface area contributed by atoms with E-state index in [2.05, 4.69) is 44.7 Å². The number of hydrogen-bond acceptors (Lipinski definition) is 3. The molecule has 2 N–H and O–H groups in total. The van der Waals surface area contributed by atoms with Gasteiger partial charge in [0, 0.05) is 31.2 Å². The molecule has 4 unspecified atom stereocenters. The van der Waals surface area contributed by atoms with Crippen LogP contribution in [0, 0.1) is 17.8 Å². The number of likely N-dealkylation sites (N-methyl/N-ethyl adjacent to an activating group) is 1. The number of nitrogens with two attached hydrogens (primary N) is 1. The highest BCUT2D eigenvalue weighted by atomic mass is 15.3. The van der Waals surface area contributed by atoms with Gasteiger partial charge >= 0.3 is 0 Å². The molecule has 112 valence electrons.